The minimum Gasteiger partial charge on any atom is -0.169 e. The van der Waals surface area contributed by atoms with E-state index in [0.29, 0.717) is 0 Å². The molecule has 2 atom stereocenters. The number of thiol groups is 2. The van der Waals surface area contributed by atoms with Crippen molar-refractivity contribution in [3.8, 4) is 0 Å². The van der Waals surface area contributed by atoms with Crippen molar-refractivity contribution in [3.63, 3.8) is 0 Å². The van der Waals surface area contributed by atoms with Gasteiger partial charge in [0, 0.05) is 20.9 Å². The van der Waals surface area contributed by atoms with Gasteiger partial charge in [-0.15, -0.1) is 0 Å². The van der Waals surface area contributed by atoms with Gasteiger partial charge in [0.2, 0.25) is 0 Å². The van der Waals surface area contributed by atoms with Crippen LogP contribution >= 0.6 is 49.7 Å². The Balaban J connectivity index is 1.85. The van der Waals surface area contributed by atoms with Crippen LogP contribution < -0.4 is 0 Å². The summed E-state index contributed by atoms with van der Waals surface area (Å²) in [5.41, 5.74) is 11.2. The van der Waals surface area contributed by atoms with Crippen molar-refractivity contribution < 1.29 is 0 Å². The normalized spacial score (nSPS) is 19.6. The van der Waals surface area contributed by atoms with Crippen molar-refractivity contribution >= 4 is 81.7 Å². The van der Waals surface area contributed by atoms with E-state index in [9.17, 15) is 0 Å². The van der Waals surface area contributed by atoms with Gasteiger partial charge in [-0.3, -0.25) is 0 Å². The fourth-order valence-electron chi connectivity index (χ4n) is 5.40. The second-order valence-electron chi connectivity index (χ2n) is 9.33. The highest BCUT2D eigenvalue weighted by Crippen LogP contribution is 2.56. The van der Waals surface area contributed by atoms with Crippen LogP contribution in [0, 0.1) is 0 Å². The van der Waals surface area contributed by atoms with Gasteiger partial charge in [-0.05, 0) is 44.5 Å². The van der Waals surface area contributed by atoms with Crippen molar-refractivity contribution in [2.75, 3.05) is 0 Å². The molecule has 0 saturated heterocycles. The maximum Gasteiger partial charge on any atom is 0.0541 e. The molecule has 2 aliphatic rings. The molecule has 0 nitrogen and oxygen atoms in total. The third-order valence-corrected chi connectivity index (χ3v) is 9.69. The van der Waals surface area contributed by atoms with Gasteiger partial charge in [0.15, 0.2) is 0 Å². The van der Waals surface area contributed by atoms with Crippen LogP contribution in [0.2, 0.25) is 0 Å². The highest BCUT2D eigenvalue weighted by Gasteiger charge is 2.42. The van der Waals surface area contributed by atoms with Gasteiger partial charge in [0.1, 0.15) is 0 Å². The second kappa shape index (κ2) is 10.6. The third kappa shape index (κ3) is 4.26. The Morgan fingerprint density at radius 1 is 0.342 bits per heavy atom. The van der Waals surface area contributed by atoms with Crippen molar-refractivity contribution in [2.24, 2.45) is 0 Å². The summed E-state index contributed by atoms with van der Waals surface area (Å²) < 4.78 is 0. The maximum atomic E-state index is 6.05. The van der Waals surface area contributed by atoms with E-state index in [1.807, 2.05) is 0 Å². The Hall–Kier alpha value is -3.02. The van der Waals surface area contributed by atoms with Crippen LogP contribution in [0.1, 0.15) is 22.3 Å². The molecule has 2 unspecified atom stereocenters. The molecule has 38 heavy (non-hydrogen) atoms. The van der Waals surface area contributed by atoms with Crippen LogP contribution in [0.3, 0.4) is 0 Å². The van der Waals surface area contributed by atoms with Crippen LogP contribution in [0.25, 0.3) is 22.3 Å². The molecule has 0 radical (unpaired) electrons. The fraction of sp³-hybridized carbons (Fsp3) is 0.0588. The first-order valence-corrected chi connectivity index (χ1v) is 14.3. The van der Waals surface area contributed by atoms with Crippen molar-refractivity contribution in [1.29, 1.82) is 0 Å². The SMILES string of the molecule is S=C1C(=C2C(c3ccccc3)=C(c3ccccc3)C(c3ccccc3)=C2c2ccccc2)C(=S)C(S)C1S. The lowest BCUT2D eigenvalue weighted by atomic mass is 9.87. The Labute approximate surface area is 245 Å². The molecule has 0 heterocycles. The third-order valence-electron chi connectivity index (χ3n) is 7.08. The van der Waals surface area contributed by atoms with E-state index in [4.69, 9.17) is 49.7 Å². The summed E-state index contributed by atoms with van der Waals surface area (Å²) in [6.07, 6.45) is 0. The lowest BCUT2D eigenvalue weighted by Gasteiger charge is -2.17. The Morgan fingerprint density at radius 3 is 0.842 bits per heavy atom. The van der Waals surface area contributed by atoms with Gasteiger partial charge in [0.05, 0.1) is 10.5 Å². The minimum atomic E-state index is -0.210. The molecule has 0 aliphatic heterocycles. The minimum absolute atomic E-state index is 0.210. The first kappa shape index (κ1) is 25.3. The van der Waals surface area contributed by atoms with Gasteiger partial charge in [0.25, 0.3) is 0 Å². The summed E-state index contributed by atoms with van der Waals surface area (Å²) in [5.74, 6) is 0. The first-order chi connectivity index (χ1) is 18.6. The first-order valence-electron chi connectivity index (χ1n) is 12.5. The quantitative estimate of drug-likeness (QED) is 0.145. The molecule has 0 spiro atoms. The van der Waals surface area contributed by atoms with Crippen molar-refractivity contribution in [1.82, 2.24) is 0 Å². The van der Waals surface area contributed by atoms with E-state index >= 15 is 0 Å². The molecule has 184 valence electrons. The van der Waals surface area contributed by atoms with Crippen LogP contribution in [0.5, 0.6) is 0 Å². The number of allylic oxidation sites excluding steroid dienone is 6. The summed E-state index contributed by atoms with van der Waals surface area (Å²) in [6.45, 7) is 0. The molecule has 1 saturated carbocycles. The van der Waals surface area contributed by atoms with Gasteiger partial charge in [-0.1, -0.05) is 146 Å². The molecule has 6 rings (SSSR count). The monoisotopic (exact) mass is 560 g/mol. The number of hydrogen-bond acceptors (Lipinski definition) is 4. The fourth-order valence-corrected chi connectivity index (χ4v) is 6.92. The van der Waals surface area contributed by atoms with E-state index in [2.05, 4.69) is 121 Å². The summed E-state index contributed by atoms with van der Waals surface area (Å²) in [7, 11) is 0. The van der Waals surface area contributed by atoms with Crippen molar-refractivity contribution in [2.45, 2.75) is 10.5 Å². The van der Waals surface area contributed by atoms with Crippen LogP contribution in [-0.2, 0) is 0 Å². The molecule has 0 bridgehead atoms. The zero-order valence-corrected chi connectivity index (χ0v) is 23.8. The lowest BCUT2D eigenvalue weighted by Crippen LogP contribution is -2.15. The summed E-state index contributed by atoms with van der Waals surface area (Å²) in [5, 5.41) is -0.420. The molecule has 0 N–H and O–H groups in total. The molecular formula is C34H24S4. The molecule has 4 aromatic rings. The second-order valence-corrected chi connectivity index (χ2v) is 11.3. The molecule has 4 aromatic carbocycles. The van der Waals surface area contributed by atoms with E-state index in [-0.39, 0.29) is 10.5 Å². The van der Waals surface area contributed by atoms with Gasteiger partial charge >= 0.3 is 0 Å². The zero-order chi connectivity index (χ0) is 26.2. The smallest absolute Gasteiger partial charge is 0.0541 e. The number of thiocarbonyl (C=S) groups is 2. The average Bonchev–Trinajstić information content (AvgIpc) is 3.42. The summed E-state index contributed by atoms with van der Waals surface area (Å²) in [6, 6.07) is 42.4. The highest BCUT2D eigenvalue weighted by atomic mass is 32.1. The molecule has 0 aromatic heterocycles. The maximum absolute atomic E-state index is 6.05. The van der Waals surface area contributed by atoms with E-state index in [0.717, 1.165) is 54.3 Å². The molecule has 4 heteroatoms. The summed E-state index contributed by atoms with van der Waals surface area (Å²) in [4.78, 5) is 1.52. The number of hydrogen-bond donors (Lipinski definition) is 2. The Bertz CT molecular complexity index is 1510. The standard InChI is InChI=1S/C34H24S4/c35-31-30(32(36)34(38)33(31)37)29-27(23-17-9-3-10-18-23)25(21-13-5-1-6-14-21)26(22-15-7-2-8-16-22)28(29)24-19-11-4-12-20-24/h1-20,33-34,37-38H. The van der Waals surface area contributed by atoms with Crippen LogP contribution in [0.4, 0.5) is 0 Å². The molecular weight excluding hydrogens is 537 g/mol. The Kier molecular flexibility index (Phi) is 7.07. The van der Waals surface area contributed by atoms with Gasteiger partial charge in [-0.2, -0.15) is 25.3 Å². The zero-order valence-electron chi connectivity index (χ0n) is 20.4. The number of benzene rings is 4. The molecule has 2 aliphatic carbocycles. The average molecular weight is 561 g/mol. The highest BCUT2D eigenvalue weighted by molar-refractivity contribution is 7.92. The van der Waals surface area contributed by atoms with E-state index in [1.54, 1.807) is 0 Å². The van der Waals surface area contributed by atoms with E-state index in [1.165, 1.54) is 11.1 Å². The molecule has 1 fully saturated rings. The topological polar surface area (TPSA) is 0 Å². The largest absolute Gasteiger partial charge is 0.169 e. The lowest BCUT2D eigenvalue weighted by molar-refractivity contribution is 1.30. The summed E-state index contributed by atoms with van der Waals surface area (Å²) >= 11 is 21.8. The van der Waals surface area contributed by atoms with Crippen molar-refractivity contribution in [3.05, 3.63) is 155 Å². The van der Waals surface area contributed by atoms with Gasteiger partial charge in [-0.25, -0.2) is 0 Å². The van der Waals surface area contributed by atoms with E-state index < -0.39 is 0 Å². The predicted molar refractivity (Wildman–Crippen MR) is 177 cm³/mol. The Morgan fingerprint density at radius 2 is 0.579 bits per heavy atom. The predicted octanol–water partition coefficient (Wildman–Crippen LogP) is 8.87. The van der Waals surface area contributed by atoms with Crippen LogP contribution in [0.15, 0.2) is 132 Å². The van der Waals surface area contributed by atoms with Crippen LogP contribution in [-0.4, -0.2) is 20.2 Å². The number of rotatable bonds is 4. The molecule has 0 amide bonds. The van der Waals surface area contributed by atoms with Gasteiger partial charge < -0.3 is 0 Å².